The molecule has 2 N–H and O–H groups in total. The number of hydrogen-bond donors (Lipinski definition) is 2. The first-order valence-electron chi connectivity index (χ1n) is 8.16. The molecule has 0 saturated carbocycles. The summed E-state index contributed by atoms with van der Waals surface area (Å²) in [7, 11) is 0. The quantitative estimate of drug-likeness (QED) is 0.740. The molecule has 1 amide bonds. The number of fused-ring (bicyclic) bond motifs is 5. The van der Waals surface area contributed by atoms with E-state index in [-0.39, 0.29) is 22.0 Å². The molecule has 0 saturated heterocycles. The Bertz CT molecular complexity index is 1180. The van der Waals surface area contributed by atoms with E-state index in [1.54, 1.807) is 24.3 Å². The molecule has 2 aromatic carbocycles. The van der Waals surface area contributed by atoms with Crippen molar-refractivity contribution in [3.05, 3.63) is 70.5 Å². The molecule has 2 heterocycles. The van der Waals surface area contributed by atoms with Gasteiger partial charge < -0.3 is 5.32 Å². The molecule has 0 radical (unpaired) electrons. The molecule has 1 unspecified atom stereocenters. The van der Waals surface area contributed by atoms with Crippen LogP contribution >= 0.6 is 11.8 Å². The van der Waals surface area contributed by atoms with Crippen molar-refractivity contribution in [3.63, 3.8) is 0 Å². The fourth-order valence-corrected chi connectivity index (χ4v) is 5.28. The SMILES string of the molecule is N#CC1C(=N)Sc2ccc(F)cc2[C@]12C(=O)NC1=C2C(=O)c2ccccc21. The second kappa shape index (κ2) is 5.15. The number of Topliss-reactive ketones (excluding diaryl/α,β-unsaturated/α-hetero) is 1. The first-order valence-corrected chi connectivity index (χ1v) is 8.98. The topological polar surface area (TPSA) is 93.8 Å². The molecule has 2 aromatic rings. The molecule has 27 heavy (non-hydrogen) atoms. The fourth-order valence-electron chi connectivity index (χ4n) is 4.23. The molecule has 5 nitrogen and oxygen atoms in total. The van der Waals surface area contributed by atoms with Gasteiger partial charge in [0.15, 0.2) is 5.78 Å². The summed E-state index contributed by atoms with van der Waals surface area (Å²) in [5.74, 6) is -2.71. The van der Waals surface area contributed by atoms with Gasteiger partial charge in [0.2, 0.25) is 5.91 Å². The number of halogens is 1. The molecule has 130 valence electrons. The van der Waals surface area contributed by atoms with E-state index in [2.05, 4.69) is 5.32 Å². The summed E-state index contributed by atoms with van der Waals surface area (Å²) in [6.07, 6.45) is 0. The van der Waals surface area contributed by atoms with Crippen molar-refractivity contribution >= 4 is 34.2 Å². The van der Waals surface area contributed by atoms with Crippen molar-refractivity contribution in [2.45, 2.75) is 10.3 Å². The van der Waals surface area contributed by atoms with Gasteiger partial charge in [-0.25, -0.2) is 4.39 Å². The van der Waals surface area contributed by atoms with E-state index in [4.69, 9.17) is 5.41 Å². The maximum Gasteiger partial charge on any atom is 0.241 e. The number of carbonyl (C=O) groups excluding carboxylic acids is 2. The van der Waals surface area contributed by atoms with Gasteiger partial charge in [0, 0.05) is 21.6 Å². The average molecular weight is 375 g/mol. The lowest BCUT2D eigenvalue weighted by atomic mass is 9.65. The first kappa shape index (κ1) is 16.0. The predicted octanol–water partition coefficient (Wildman–Crippen LogP) is 3.02. The van der Waals surface area contributed by atoms with E-state index in [9.17, 15) is 19.2 Å². The summed E-state index contributed by atoms with van der Waals surface area (Å²) in [5, 5.41) is 20.8. The number of thioether (sulfide) groups is 1. The van der Waals surface area contributed by atoms with Crippen LogP contribution in [0.4, 0.5) is 4.39 Å². The zero-order valence-corrected chi connectivity index (χ0v) is 14.5. The molecular formula is C20H10FN3O2S. The minimum Gasteiger partial charge on any atom is -0.324 e. The number of nitrogens with one attached hydrogen (secondary N) is 2. The van der Waals surface area contributed by atoms with Crippen LogP contribution < -0.4 is 5.32 Å². The van der Waals surface area contributed by atoms with Crippen molar-refractivity contribution in [1.82, 2.24) is 5.32 Å². The number of nitrogens with zero attached hydrogens (tertiary/aromatic N) is 1. The van der Waals surface area contributed by atoms with E-state index in [1.807, 2.05) is 6.07 Å². The third-order valence-corrected chi connectivity index (χ3v) is 6.35. The molecule has 5 rings (SSSR count). The second-order valence-electron chi connectivity index (χ2n) is 6.56. The van der Waals surface area contributed by atoms with E-state index >= 15 is 0 Å². The van der Waals surface area contributed by atoms with Crippen molar-refractivity contribution in [2.24, 2.45) is 5.92 Å². The van der Waals surface area contributed by atoms with Gasteiger partial charge in [-0.15, -0.1) is 0 Å². The normalized spacial score (nSPS) is 25.2. The van der Waals surface area contributed by atoms with Crippen LogP contribution in [0.1, 0.15) is 21.5 Å². The van der Waals surface area contributed by atoms with Gasteiger partial charge in [0.1, 0.15) is 17.2 Å². The summed E-state index contributed by atoms with van der Waals surface area (Å²) in [4.78, 5) is 27.0. The smallest absolute Gasteiger partial charge is 0.241 e. The van der Waals surface area contributed by atoms with Gasteiger partial charge in [0.05, 0.1) is 16.8 Å². The fraction of sp³-hybridized carbons (Fsp3) is 0.100. The largest absolute Gasteiger partial charge is 0.324 e. The van der Waals surface area contributed by atoms with Crippen molar-refractivity contribution in [2.75, 3.05) is 0 Å². The highest BCUT2D eigenvalue weighted by Gasteiger charge is 2.63. The predicted molar refractivity (Wildman–Crippen MR) is 96.6 cm³/mol. The zero-order chi connectivity index (χ0) is 18.9. The summed E-state index contributed by atoms with van der Waals surface area (Å²) < 4.78 is 14.1. The van der Waals surface area contributed by atoms with E-state index in [0.29, 0.717) is 21.7 Å². The summed E-state index contributed by atoms with van der Waals surface area (Å²) in [5.41, 5.74) is 0.0509. The van der Waals surface area contributed by atoms with E-state index in [0.717, 1.165) is 11.8 Å². The molecule has 0 aromatic heterocycles. The Kier molecular flexibility index (Phi) is 3.04. The highest BCUT2D eigenvalue weighted by atomic mass is 32.2. The van der Waals surface area contributed by atoms with Crippen molar-refractivity contribution in [3.8, 4) is 6.07 Å². The Morgan fingerprint density at radius 3 is 2.67 bits per heavy atom. The summed E-state index contributed by atoms with van der Waals surface area (Å²) in [6.45, 7) is 0. The van der Waals surface area contributed by atoms with Crippen LogP contribution in [0.2, 0.25) is 0 Å². The van der Waals surface area contributed by atoms with E-state index in [1.165, 1.54) is 18.2 Å². The first-order chi connectivity index (χ1) is 13.0. The minimum atomic E-state index is -1.72. The lowest BCUT2D eigenvalue weighted by Gasteiger charge is -2.38. The maximum atomic E-state index is 14.1. The van der Waals surface area contributed by atoms with Crippen LogP contribution in [-0.4, -0.2) is 16.7 Å². The number of benzene rings is 2. The van der Waals surface area contributed by atoms with Crippen LogP contribution in [0.25, 0.3) is 5.70 Å². The maximum absolute atomic E-state index is 14.1. The molecule has 7 heteroatoms. The molecule has 0 fully saturated rings. The third-order valence-electron chi connectivity index (χ3n) is 5.32. The number of ketones is 1. The Morgan fingerprint density at radius 2 is 1.93 bits per heavy atom. The Morgan fingerprint density at radius 1 is 1.19 bits per heavy atom. The molecular weight excluding hydrogens is 365 g/mol. The Labute approximate surface area is 157 Å². The lowest BCUT2D eigenvalue weighted by molar-refractivity contribution is -0.123. The van der Waals surface area contributed by atoms with Crippen molar-refractivity contribution in [1.29, 1.82) is 10.7 Å². The highest BCUT2D eigenvalue weighted by molar-refractivity contribution is 8.14. The van der Waals surface area contributed by atoms with Crippen LogP contribution in [0.5, 0.6) is 0 Å². The standard InChI is InChI=1S/C20H10FN3O2S/c21-9-5-6-14-12(7-9)20(13(8-22)18(23)27-14)15-16(24-19(20)26)10-3-1-2-4-11(10)17(15)25/h1-7,13,23H,(H,24,26)/t13?,20-/m0/s1. The summed E-state index contributed by atoms with van der Waals surface area (Å²) in [6, 6.07) is 12.8. The lowest BCUT2D eigenvalue weighted by Crippen LogP contribution is -2.50. The number of nitriles is 1. The average Bonchev–Trinajstić information content (AvgIpc) is 3.10. The third kappa shape index (κ3) is 1.76. The molecule has 1 aliphatic carbocycles. The van der Waals surface area contributed by atoms with Gasteiger partial charge in [-0.1, -0.05) is 36.0 Å². The van der Waals surface area contributed by atoms with Crippen LogP contribution in [-0.2, 0) is 10.2 Å². The van der Waals surface area contributed by atoms with Crippen LogP contribution in [0.15, 0.2) is 52.9 Å². The highest BCUT2D eigenvalue weighted by Crippen LogP contribution is 2.57. The number of hydrogen-bond acceptors (Lipinski definition) is 5. The zero-order valence-electron chi connectivity index (χ0n) is 13.7. The molecule has 1 spiro atoms. The van der Waals surface area contributed by atoms with Gasteiger partial charge in [-0.2, -0.15) is 5.26 Å². The van der Waals surface area contributed by atoms with Crippen molar-refractivity contribution < 1.29 is 14.0 Å². The van der Waals surface area contributed by atoms with Gasteiger partial charge in [-0.3, -0.25) is 15.0 Å². The summed E-state index contributed by atoms with van der Waals surface area (Å²) >= 11 is 1.02. The van der Waals surface area contributed by atoms with Gasteiger partial charge >= 0.3 is 0 Å². The van der Waals surface area contributed by atoms with Gasteiger partial charge in [0.25, 0.3) is 0 Å². The number of amides is 1. The molecule has 2 atom stereocenters. The Hall–Kier alpha value is -3.24. The monoisotopic (exact) mass is 375 g/mol. The number of carbonyl (C=O) groups is 2. The van der Waals surface area contributed by atoms with Gasteiger partial charge in [-0.05, 0) is 23.8 Å². The molecule has 0 bridgehead atoms. The molecule has 2 aliphatic heterocycles. The Balaban J connectivity index is 1.90. The molecule has 3 aliphatic rings. The second-order valence-corrected chi connectivity index (χ2v) is 7.64. The van der Waals surface area contributed by atoms with Crippen LogP contribution in [0.3, 0.4) is 0 Å². The van der Waals surface area contributed by atoms with Crippen LogP contribution in [0, 0.1) is 28.5 Å². The minimum absolute atomic E-state index is 0.0377. The van der Waals surface area contributed by atoms with E-state index < -0.39 is 23.1 Å². The number of rotatable bonds is 0.